The number of aromatic hydroxyl groups is 1. The van der Waals surface area contributed by atoms with E-state index < -0.39 is 95.9 Å². The molecule has 72 heavy (non-hydrogen) atoms. The second-order valence-corrected chi connectivity index (χ2v) is 19.3. The molecule has 6 rings (SSSR count). The Morgan fingerprint density at radius 2 is 1.50 bits per heavy atom. The number of ether oxygens (including phenoxy) is 1. The van der Waals surface area contributed by atoms with E-state index in [4.69, 9.17) is 16.2 Å². The van der Waals surface area contributed by atoms with Crippen LogP contribution in [-0.2, 0) is 35.2 Å². The second kappa shape index (κ2) is 26.4. The molecular formula is C52H73N9O11. The summed E-state index contributed by atoms with van der Waals surface area (Å²) in [6.45, 7) is 4.02. The van der Waals surface area contributed by atoms with E-state index in [1.165, 1.54) is 28.9 Å². The van der Waals surface area contributed by atoms with Crippen molar-refractivity contribution in [2.24, 2.45) is 11.5 Å². The molecule has 3 aliphatic rings. The van der Waals surface area contributed by atoms with Gasteiger partial charge in [-0.15, -0.1) is 0 Å². The van der Waals surface area contributed by atoms with Crippen molar-refractivity contribution >= 4 is 52.1 Å². The average Bonchev–Trinajstić information content (AvgIpc) is 3.96. The highest BCUT2D eigenvalue weighted by molar-refractivity contribution is 6.02. The molecule has 0 bridgehead atoms. The number of nitrogens with one attached hydrogen (secondary N) is 5. The lowest BCUT2D eigenvalue weighted by atomic mass is 10.0. The van der Waals surface area contributed by atoms with Gasteiger partial charge in [0.15, 0.2) is 0 Å². The number of nitrogens with zero attached hydrogens (tertiary/aromatic N) is 2. The number of phenolic OH excluding ortho intramolecular Hbond substituents is 1. The van der Waals surface area contributed by atoms with E-state index in [0.29, 0.717) is 37.3 Å². The molecule has 3 aromatic carbocycles. The largest absolute Gasteiger partial charge is 0.508 e. The first-order chi connectivity index (χ1) is 34.6. The first kappa shape index (κ1) is 55.0. The summed E-state index contributed by atoms with van der Waals surface area (Å²) < 4.78 is 5.96. The van der Waals surface area contributed by atoms with Crippen molar-refractivity contribution in [1.29, 1.82) is 0 Å². The van der Waals surface area contributed by atoms with Crippen molar-refractivity contribution in [3.8, 4) is 11.5 Å². The van der Waals surface area contributed by atoms with Gasteiger partial charge in [0.2, 0.25) is 35.4 Å². The number of hydrogen-bond donors (Lipinski definition) is 10. The minimum absolute atomic E-state index is 0.00392. The van der Waals surface area contributed by atoms with Crippen molar-refractivity contribution in [1.82, 2.24) is 36.4 Å². The Labute approximate surface area is 420 Å². The first-order valence-electron chi connectivity index (χ1n) is 25.4. The predicted molar refractivity (Wildman–Crippen MR) is 268 cm³/mol. The molecule has 3 heterocycles. The molecule has 0 aliphatic carbocycles. The highest BCUT2D eigenvalue weighted by atomic mass is 16.5. The normalized spacial score (nSPS) is 25.4. The summed E-state index contributed by atoms with van der Waals surface area (Å²) in [7, 11) is 0. The molecular weight excluding hydrogens is 927 g/mol. The van der Waals surface area contributed by atoms with Crippen LogP contribution in [0.25, 0.3) is 10.8 Å². The van der Waals surface area contributed by atoms with Crippen LogP contribution in [0.1, 0.15) is 107 Å². The van der Waals surface area contributed by atoms with E-state index in [9.17, 15) is 48.9 Å². The molecule has 3 fully saturated rings. The van der Waals surface area contributed by atoms with Crippen LogP contribution in [0.4, 0.5) is 0 Å². The third-order valence-corrected chi connectivity index (χ3v) is 13.6. The molecule has 0 aromatic heterocycles. The molecule has 3 aromatic rings. The fourth-order valence-electron chi connectivity index (χ4n) is 9.54. The Morgan fingerprint density at radius 1 is 0.792 bits per heavy atom. The number of hydrogen-bond acceptors (Lipinski definition) is 13. The summed E-state index contributed by atoms with van der Waals surface area (Å²) in [5.74, 6) is -4.20. The van der Waals surface area contributed by atoms with Crippen LogP contribution in [0.5, 0.6) is 11.5 Å². The van der Waals surface area contributed by atoms with Crippen molar-refractivity contribution in [2.45, 2.75) is 152 Å². The standard InChI is InChI=1S/C52H73N9O11/c1-3-4-5-8-24-72-39-20-17-33-25-35(16-15-34(33)26-39)46(65)56-40-11-9-23-55-49(68)43-27-36(54)29-60(43)52(71)45(31(2)62)59-48(67)41(21-14-32-12-18-37(63)19-13-32)57-50(69)44-28-38(64)30-61(44)51(70)42(58-47(40)66)10-6-7-22-53/h12-13,15-20,25-26,31,36,38,40-45,62-64H,3-11,14,21-24,27-30,53-54H2,1-2H3,(H,55,68)(H,56,65)(H,57,69)(H,58,66)(H,59,67)/t31-,36+,38-,40+,41+,42+,43+,44+,45+/m1/s1. The number of nitrogens with two attached hydrogens (primary N) is 2. The fourth-order valence-corrected chi connectivity index (χ4v) is 9.54. The van der Waals surface area contributed by atoms with Gasteiger partial charge in [-0.2, -0.15) is 0 Å². The lowest BCUT2D eigenvalue weighted by Gasteiger charge is -2.32. The van der Waals surface area contributed by atoms with Crippen LogP contribution in [0.2, 0.25) is 0 Å². The lowest BCUT2D eigenvalue weighted by Crippen LogP contribution is -2.61. The van der Waals surface area contributed by atoms with Crippen LogP contribution in [0.15, 0.2) is 60.7 Å². The van der Waals surface area contributed by atoms with Crippen molar-refractivity contribution in [3.05, 3.63) is 71.8 Å². The van der Waals surface area contributed by atoms with E-state index >= 15 is 0 Å². The quantitative estimate of drug-likeness (QED) is 0.0898. The number of carbonyl (C=O) groups is 7. The van der Waals surface area contributed by atoms with Crippen molar-refractivity contribution in [3.63, 3.8) is 0 Å². The van der Waals surface area contributed by atoms with Crippen molar-refractivity contribution in [2.75, 3.05) is 32.8 Å². The Bertz CT molecular complexity index is 2370. The number of carbonyl (C=O) groups excluding carboxylic acids is 7. The molecule has 9 atom stereocenters. The van der Waals surface area contributed by atoms with Gasteiger partial charge in [-0.3, -0.25) is 33.6 Å². The zero-order valence-corrected chi connectivity index (χ0v) is 41.4. The number of amides is 7. The summed E-state index contributed by atoms with van der Waals surface area (Å²) in [4.78, 5) is 102. The number of aliphatic hydroxyl groups excluding tert-OH is 2. The number of fused-ring (bicyclic) bond motifs is 3. The number of aryl methyl sites for hydroxylation is 1. The Hall–Kier alpha value is -6.35. The molecule has 3 saturated heterocycles. The van der Waals surface area contributed by atoms with E-state index in [1.54, 1.807) is 30.3 Å². The number of aliphatic hydroxyl groups is 2. The van der Waals surface area contributed by atoms with Crippen LogP contribution in [-0.4, -0.2) is 154 Å². The van der Waals surface area contributed by atoms with Gasteiger partial charge in [0.25, 0.3) is 5.91 Å². The minimum atomic E-state index is -1.57. The molecule has 0 saturated carbocycles. The SMILES string of the molecule is CCCCCCOc1ccc2cc(C(=O)N[C@H]3CCCNC(=O)[C@@H]4C[C@H](N)CN4C(=O)[C@H]([C@@H](C)O)NC(=O)[C@H](CCc4ccc(O)cc4)NC(=O)[C@@H]4C[C@@H](O)CN4C(=O)[C@H](CCCCN)NC3=O)ccc2c1. The third kappa shape index (κ3) is 14.9. The Morgan fingerprint density at radius 3 is 2.24 bits per heavy atom. The van der Waals surface area contributed by atoms with Gasteiger partial charge in [-0.1, -0.05) is 50.5 Å². The van der Waals surface area contributed by atoms with Gasteiger partial charge in [-0.25, -0.2) is 0 Å². The van der Waals surface area contributed by atoms with Gasteiger partial charge in [0.1, 0.15) is 47.8 Å². The van der Waals surface area contributed by atoms with Gasteiger partial charge < -0.3 is 67.9 Å². The smallest absolute Gasteiger partial charge is 0.251 e. The van der Waals surface area contributed by atoms with Gasteiger partial charge in [0, 0.05) is 37.7 Å². The maximum Gasteiger partial charge on any atom is 0.251 e. The second-order valence-electron chi connectivity index (χ2n) is 19.3. The highest BCUT2D eigenvalue weighted by Gasteiger charge is 2.45. The van der Waals surface area contributed by atoms with Crippen LogP contribution >= 0.6 is 0 Å². The molecule has 12 N–H and O–H groups in total. The molecule has 20 heteroatoms. The fraction of sp³-hybridized carbons (Fsp3) is 0.558. The molecule has 3 aliphatic heterocycles. The Kier molecular flexibility index (Phi) is 20.1. The van der Waals surface area contributed by atoms with Gasteiger partial charge in [-0.05, 0) is 124 Å². The maximum absolute atomic E-state index is 14.6. The van der Waals surface area contributed by atoms with E-state index in [-0.39, 0.29) is 75.9 Å². The number of rotatable bonds is 16. The Balaban J connectivity index is 1.30. The minimum Gasteiger partial charge on any atom is -0.508 e. The monoisotopic (exact) mass is 1000 g/mol. The van der Waals surface area contributed by atoms with Crippen LogP contribution < -0.4 is 42.8 Å². The van der Waals surface area contributed by atoms with Crippen molar-refractivity contribution < 1.29 is 53.6 Å². The highest BCUT2D eigenvalue weighted by Crippen LogP contribution is 2.25. The van der Waals surface area contributed by atoms with E-state index in [0.717, 1.165) is 36.5 Å². The summed E-state index contributed by atoms with van der Waals surface area (Å²) in [5.41, 5.74) is 13.1. The number of phenols is 1. The lowest BCUT2D eigenvalue weighted by molar-refractivity contribution is -0.144. The van der Waals surface area contributed by atoms with Crippen LogP contribution in [0.3, 0.4) is 0 Å². The summed E-state index contributed by atoms with van der Waals surface area (Å²) in [5, 5.41) is 47.2. The van der Waals surface area contributed by atoms with Crippen LogP contribution in [0, 0.1) is 0 Å². The first-order valence-corrected chi connectivity index (χ1v) is 25.4. The molecule has 20 nitrogen and oxygen atoms in total. The van der Waals surface area contributed by atoms with Gasteiger partial charge >= 0.3 is 0 Å². The molecule has 0 spiro atoms. The summed E-state index contributed by atoms with van der Waals surface area (Å²) in [6.07, 6.45) is 2.88. The number of unbranched alkanes of at least 4 members (excludes halogenated alkanes) is 4. The topological polar surface area (TPSA) is 308 Å². The molecule has 7 amide bonds. The van der Waals surface area contributed by atoms with E-state index in [2.05, 4.69) is 33.5 Å². The molecule has 0 unspecified atom stereocenters. The molecule has 392 valence electrons. The average molecular weight is 1000 g/mol. The summed E-state index contributed by atoms with van der Waals surface area (Å²) in [6, 6.07) is 8.57. The predicted octanol–water partition coefficient (Wildman–Crippen LogP) is 1.000. The summed E-state index contributed by atoms with van der Waals surface area (Å²) >= 11 is 0. The zero-order valence-electron chi connectivity index (χ0n) is 41.4. The number of benzene rings is 3. The zero-order chi connectivity index (χ0) is 51.9. The maximum atomic E-state index is 14.6. The van der Waals surface area contributed by atoms with Gasteiger partial charge in [0.05, 0.1) is 18.8 Å². The van der Waals surface area contributed by atoms with E-state index in [1.807, 2.05) is 18.2 Å². The third-order valence-electron chi connectivity index (χ3n) is 13.6. The molecule has 0 radical (unpaired) electrons.